The van der Waals surface area contributed by atoms with Crippen molar-refractivity contribution in [1.82, 2.24) is 0 Å². The van der Waals surface area contributed by atoms with Gasteiger partial charge in [-0.1, -0.05) is 12.1 Å². The number of hydrogen-bond acceptors (Lipinski definition) is 4. The molecule has 4 heteroatoms. The van der Waals surface area contributed by atoms with E-state index in [9.17, 15) is 9.90 Å². The van der Waals surface area contributed by atoms with Crippen molar-refractivity contribution in [2.75, 3.05) is 7.11 Å². The van der Waals surface area contributed by atoms with Gasteiger partial charge in [-0.05, 0) is 18.2 Å². The Labute approximate surface area is 102 Å². The summed E-state index contributed by atoms with van der Waals surface area (Å²) in [6.07, 6.45) is 0. The Morgan fingerprint density at radius 3 is 2.67 bits per heavy atom. The van der Waals surface area contributed by atoms with Crippen LogP contribution in [0.15, 0.2) is 45.6 Å². The summed E-state index contributed by atoms with van der Waals surface area (Å²) in [7, 11) is 1.58. The third kappa shape index (κ3) is 1.43. The summed E-state index contributed by atoms with van der Waals surface area (Å²) in [5, 5.41) is 11.8. The summed E-state index contributed by atoms with van der Waals surface area (Å²) in [5.74, 6) is 0.617. The number of hydrogen-bond donors (Lipinski definition) is 1. The van der Waals surface area contributed by atoms with E-state index in [0.29, 0.717) is 16.7 Å². The lowest BCUT2D eigenvalue weighted by atomic mass is 10.1. The van der Waals surface area contributed by atoms with Crippen LogP contribution in [0, 0.1) is 0 Å². The van der Waals surface area contributed by atoms with Gasteiger partial charge in [-0.3, -0.25) is 0 Å². The Hall–Kier alpha value is -2.49. The first-order chi connectivity index (χ1) is 8.70. The highest BCUT2D eigenvalue weighted by Crippen LogP contribution is 2.33. The van der Waals surface area contributed by atoms with Crippen molar-refractivity contribution in [3.63, 3.8) is 0 Å². The van der Waals surface area contributed by atoms with Gasteiger partial charge in [-0.25, -0.2) is 4.79 Å². The van der Waals surface area contributed by atoms with Crippen LogP contribution in [0.25, 0.3) is 21.7 Å². The summed E-state index contributed by atoms with van der Waals surface area (Å²) < 4.78 is 10.4. The molecule has 1 aromatic heterocycles. The summed E-state index contributed by atoms with van der Waals surface area (Å²) in [6, 6.07) is 10.1. The van der Waals surface area contributed by atoms with E-state index in [1.54, 1.807) is 13.2 Å². The van der Waals surface area contributed by atoms with Gasteiger partial charge in [-0.15, -0.1) is 0 Å². The second kappa shape index (κ2) is 3.77. The fourth-order valence-electron chi connectivity index (χ4n) is 2.11. The van der Waals surface area contributed by atoms with Gasteiger partial charge in [0.05, 0.1) is 18.6 Å². The van der Waals surface area contributed by atoms with Crippen molar-refractivity contribution in [2.24, 2.45) is 0 Å². The van der Waals surface area contributed by atoms with E-state index in [0.717, 1.165) is 16.8 Å². The average Bonchev–Trinajstić information content (AvgIpc) is 2.37. The second-order valence-corrected chi connectivity index (χ2v) is 3.95. The molecule has 0 fully saturated rings. The number of ether oxygens (including phenoxy) is 1. The van der Waals surface area contributed by atoms with Crippen molar-refractivity contribution in [3.8, 4) is 11.5 Å². The molecule has 0 saturated heterocycles. The lowest BCUT2D eigenvalue weighted by Gasteiger charge is -2.07. The fraction of sp³-hybridized carbons (Fsp3) is 0.0714. The first kappa shape index (κ1) is 10.7. The Balaban J connectivity index is 2.57. The SMILES string of the molecule is COc1cccc2c1ccc1c(O)cc(=O)oc12. The van der Waals surface area contributed by atoms with Crippen LogP contribution in [0.4, 0.5) is 0 Å². The van der Waals surface area contributed by atoms with Crippen molar-refractivity contribution >= 4 is 21.7 Å². The van der Waals surface area contributed by atoms with E-state index >= 15 is 0 Å². The van der Waals surface area contributed by atoms with Gasteiger partial charge in [0.25, 0.3) is 0 Å². The fourth-order valence-corrected chi connectivity index (χ4v) is 2.11. The Morgan fingerprint density at radius 1 is 1.11 bits per heavy atom. The molecule has 0 radical (unpaired) electrons. The Kier molecular flexibility index (Phi) is 2.23. The molecule has 0 aliphatic heterocycles. The molecular formula is C14H10O4. The van der Waals surface area contributed by atoms with Crippen LogP contribution >= 0.6 is 0 Å². The lowest BCUT2D eigenvalue weighted by molar-refractivity contribution is 0.419. The van der Waals surface area contributed by atoms with Gasteiger partial charge >= 0.3 is 5.63 Å². The zero-order valence-electron chi connectivity index (χ0n) is 9.64. The topological polar surface area (TPSA) is 59.7 Å². The molecule has 2 aromatic carbocycles. The van der Waals surface area contributed by atoms with E-state index in [1.165, 1.54) is 0 Å². The first-order valence-corrected chi connectivity index (χ1v) is 5.43. The van der Waals surface area contributed by atoms with Crippen LogP contribution in [-0.4, -0.2) is 12.2 Å². The number of fused-ring (bicyclic) bond motifs is 3. The molecular weight excluding hydrogens is 232 g/mol. The van der Waals surface area contributed by atoms with Gasteiger partial charge in [0.2, 0.25) is 0 Å². The molecule has 0 aliphatic carbocycles. The largest absolute Gasteiger partial charge is 0.507 e. The maximum atomic E-state index is 11.3. The lowest BCUT2D eigenvalue weighted by Crippen LogP contribution is -1.96. The molecule has 0 saturated carbocycles. The minimum absolute atomic E-state index is 0.0778. The highest BCUT2D eigenvalue weighted by molar-refractivity contribution is 6.07. The molecule has 3 rings (SSSR count). The molecule has 3 aromatic rings. The van der Waals surface area contributed by atoms with Gasteiger partial charge in [0.15, 0.2) is 0 Å². The summed E-state index contributed by atoms with van der Waals surface area (Å²) >= 11 is 0. The van der Waals surface area contributed by atoms with Crippen molar-refractivity contribution in [2.45, 2.75) is 0 Å². The highest BCUT2D eigenvalue weighted by atomic mass is 16.5. The standard InChI is InChI=1S/C14H10O4/c1-17-12-4-2-3-9-8(12)5-6-10-11(15)7-13(16)18-14(9)10/h2-7,15H,1H3. The smallest absolute Gasteiger partial charge is 0.339 e. The maximum absolute atomic E-state index is 11.3. The number of rotatable bonds is 1. The molecule has 0 bridgehead atoms. The van der Waals surface area contributed by atoms with Gasteiger partial charge in [-0.2, -0.15) is 0 Å². The van der Waals surface area contributed by atoms with Crippen LogP contribution in [0.2, 0.25) is 0 Å². The van der Waals surface area contributed by atoms with Crippen LogP contribution in [0.1, 0.15) is 0 Å². The number of aromatic hydroxyl groups is 1. The van der Waals surface area contributed by atoms with Gasteiger partial charge in [0, 0.05) is 10.8 Å². The molecule has 0 aliphatic rings. The predicted molar refractivity (Wildman–Crippen MR) is 68.2 cm³/mol. The maximum Gasteiger partial charge on any atom is 0.339 e. The predicted octanol–water partition coefficient (Wildman–Crippen LogP) is 2.66. The minimum Gasteiger partial charge on any atom is -0.507 e. The molecule has 90 valence electrons. The molecule has 0 spiro atoms. The van der Waals surface area contributed by atoms with Crippen LogP contribution in [-0.2, 0) is 0 Å². The molecule has 18 heavy (non-hydrogen) atoms. The van der Waals surface area contributed by atoms with Crippen molar-refractivity contribution < 1.29 is 14.3 Å². The quantitative estimate of drug-likeness (QED) is 0.526. The summed E-state index contributed by atoms with van der Waals surface area (Å²) in [6.45, 7) is 0. The van der Waals surface area contributed by atoms with Crippen LogP contribution < -0.4 is 10.4 Å². The third-order valence-electron chi connectivity index (χ3n) is 2.93. The monoisotopic (exact) mass is 242 g/mol. The summed E-state index contributed by atoms with van der Waals surface area (Å²) in [5.41, 5.74) is -0.202. The molecule has 0 amide bonds. The van der Waals surface area contributed by atoms with Crippen LogP contribution in [0.3, 0.4) is 0 Å². The zero-order valence-corrected chi connectivity index (χ0v) is 9.64. The van der Waals surface area contributed by atoms with E-state index < -0.39 is 5.63 Å². The Bertz CT molecular complexity index is 802. The molecule has 0 atom stereocenters. The third-order valence-corrected chi connectivity index (χ3v) is 2.93. The molecule has 1 heterocycles. The van der Waals surface area contributed by atoms with Crippen molar-refractivity contribution in [3.05, 3.63) is 46.8 Å². The normalized spacial score (nSPS) is 10.9. The molecule has 0 unspecified atom stereocenters. The Morgan fingerprint density at radius 2 is 1.89 bits per heavy atom. The first-order valence-electron chi connectivity index (χ1n) is 5.43. The molecule has 1 N–H and O–H groups in total. The average molecular weight is 242 g/mol. The van der Waals surface area contributed by atoms with Gasteiger partial charge < -0.3 is 14.3 Å². The number of methoxy groups -OCH3 is 1. The summed E-state index contributed by atoms with van der Waals surface area (Å²) in [4.78, 5) is 11.3. The van der Waals surface area contributed by atoms with E-state index in [4.69, 9.17) is 9.15 Å². The highest BCUT2D eigenvalue weighted by Gasteiger charge is 2.10. The zero-order chi connectivity index (χ0) is 12.7. The minimum atomic E-state index is -0.574. The molecule has 4 nitrogen and oxygen atoms in total. The number of benzene rings is 2. The van der Waals surface area contributed by atoms with E-state index in [2.05, 4.69) is 0 Å². The van der Waals surface area contributed by atoms with E-state index in [-0.39, 0.29) is 5.75 Å². The van der Waals surface area contributed by atoms with Crippen LogP contribution in [0.5, 0.6) is 11.5 Å². The van der Waals surface area contributed by atoms with Gasteiger partial charge in [0.1, 0.15) is 17.1 Å². The second-order valence-electron chi connectivity index (χ2n) is 3.95. The van der Waals surface area contributed by atoms with Crippen molar-refractivity contribution in [1.29, 1.82) is 0 Å². The van der Waals surface area contributed by atoms with E-state index in [1.807, 2.05) is 24.3 Å².